The van der Waals surface area contributed by atoms with E-state index in [1.807, 2.05) is 6.07 Å². The van der Waals surface area contributed by atoms with E-state index >= 15 is 0 Å². The molecule has 0 bridgehead atoms. The van der Waals surface area contributed by atoms with Crippen LogP contribution >= 0.6 is 38.9 Å². The Morgan fingerprint density at radius 1 is 1.35 bits per heavy atom. The molecule has 1 aromatic heterocycles. The highest BCUT2D eigenvalue weighted by Gasteiger charge is 2.10. The Hall–Kier alpha value is -0.840. The molecule has 5 heteroatoms. The van der Waals surface area contributed by atoms with Gasteiger partial charge in [0.1, 0.15) is 0 Å². The third-order valence-corrected chi connectivity index (χ3v) is 3.89. The topological polar surface area (TPSA) is 43.1 Å². The molecule has 88 valence electrons. The van der Waals surface area contributed by atoms with E-state index < -0.39 is 0 Å². The second-order valence-corrected chi connectivity index (χ2v) is 6.29. The minimum Gasteiger partial charge on any atom is -0.399 e. The van der Waals surface area contributed by atoms with Crippen LogP contribution < -0.4 is 5.73 Å². The third kappa shape index (κ3) is 3.31. The molecule has 0 aliphatic heterocycles. The van der Waals surface area contributed by atoms with Crippen molar-refractivity contribution in [3.63, 3.8) is 0 Å². The van der Waals surface area contributed by atoms with Gasteiger partial charge in [0, 0.05) is 27.0 Å². The maximum atomic E-state index is 12.0. The summed E-state index contributed by atoms with van der Waals surface area (Å²) < 4.78 is 1.51. The molecule has 0 aliphatic rings. The van der Waals surface area contributed by atoms with Gasteiger partial charge in [0.15, 0.2) is 5.78 Å². The quantitative estimate of drug-likeness (QED) is 0.678. The molecule has 1 aromatic carbocycles. The van der Waals surface area contributed by atoms with E-state index in [4.69, 9.17) is 17.3 Å². The van der Waals surface area contributed by atoms with Crippen LogP contribution in [0.4, 0.5) is 5.69 Å². The Morgan fingerprint density at radius 3 is 2.71 bits per heavy atom. The largest absolute Gasteiger partial charge is 0.399 e. The summed E-state index contributed by atoms with van der Waals surface area (Å²) in [7, 11) is 0. The lowest BCUT2D eigenvalue weighted by Gasteiger charge is -2.02. The molecule has 17 heavy (non-hydrogen) atoms. The number of thiophene rings is 1. The van der Waals surface area contributed by atoms with Gasteiger partial charge < -0.3 is 5.73 Å². The lowest BCUT2D eigenvalue weighted by Crippen LogP contribution is -2.03. The van der Waals surface area contributed by atoms with Crippen LogP contribution in [0.25, 0.3) is 0 Å². The zero-order valence-electron chi connectivity index (χ0n) is 8.74. The first kappa shape index (κ1) is 12.6. The molecule has 0 saturated heterocycles. The maximum absolute atomic E-state index is 12.0. The number of Topliss-reactive ketones (excluding diaryl/α,β-unsaturated/α-hetero) is 1. The number of carbonyl (C=O) groups is 1. The van der Waals surface area contributed by atoms with Gasteiger partial charge in [-0.15, -0.1) is 11.3 Å². The van der Waals surface area contributed by atoms with Crippen molar-refractivity contribution in [1.82, 2.24) is 0 Å². The first-order chi connectivity index (χ1) is 8.04. The average Bonchev–Trinajstić information content (AvgIpc) is 2.62. The number of benzene rings is 1. The van der Waals surface area contributed by atoms with Crippen LogP contribution in [0.15, 0.2) is 34.8 Å². The first-order valence-electron chi connectivity index (χ1n) is 4.88. The number of nitrogen functional groups attached to an aromatic ring is 1. The van der Waals surface area contributed by atoms with E-state index in [9.17, 15) is 4.79 Å². The zero-order valence-corrected chi connectivity index (χ0v) is 11.9. The fraction of sp³-hybridized carbons (Fsp3) is 0.0833. The molecule has 2 nitrogen and oxygen atoms in total. The molecule has 0 aliphatic carbocycles. The van der Waals surface area contributed by atoms with Crippen LogP contribution in [0.5, 0.6) is 0 Å². The van der Waals surface area contributed by atoms with Crippen molar-refractivity contribution in [2.45, 2.75) is 6.42 Å². The first-order valence-corrected chi connectivity index (χ1v) is 6.87. The molecule has 0 fully saturated rings. The minimum absolute atomic E-state index is 0.0384. The second-order valence-electron chi connectivity index (χ2n) is 3.58. The highest BCUT2D eigenvalue weighted by atomic mass is 79.9. The Morgan fingerprint density at radius 2 is 2.12 bits per heavy atom. The highest BCUT2D eigenvalue weighted by molar-refractivity contribution is 9.10. The van der Waals surface area contributed by atoms with Crippen molar-refractivity contribution in [2.24, 2.45) is 0 Å². The number of carbonyl (C=O) groups excluding carboxylic acids is 1. The smallest absolute Gasteiger partial charge is 0.168 e. The Labute approximate surface area is 117 Å². The van der Waals surface area contributed by atoms with Crippen molar-refractivity contribution in [2.75, 3.05) is 5.73 Å². The lowest BCUT2D eigenvalue weighted by atomic mass is 10.1. The molecule has 2 aromatic rings. The van der Waals surface area contributed by atoms with Crippen LogP contribution in [0.1, 0.15) is 15.2 Å². The van der Waals surface area contributed by atoms with E-state index in [-0.39, 0.29) is 5.78 Å². The fourth-order valence-corrected chi connectivity index (χ4v) is 3.08. The summed E-state index contributed by atoms with van der Waals surface area (Å²) >= 11 is 10.6. The predicted octanol–water partition coefficient (Wildman–Crippen LogP) is 4.17. The molecule has 2 N–H and O–H groups in total. The lowest BCUT2D eigenvalue weighted by molar-refractivity contribution is 0.0994. The van der Waals surface area contributed by atoms with E-state index in [1.165, 1.54) is 11.3 Å². The molecule has 0 spiro atoms. The van der Waals surface area contributed by atoms with Gasteiger partial charge in [0.05, 0.1) is 4.34 Å². The van der Waals surface area contributed by atoms with Crippen molar-refractivity contribution in [3.8, 4) is 0 Å². The van der Waals surface area contributed by atoms with Crippen molar-refractivity contribution in [1.29, 1.82) is 0 Å². The molecule has 0 radical (unpaired) electrons. The number of hydrogen-bond donors (Lipinski definition) is 1. The zero-order chi connectivity index (χ0) is 12.4. The van der Waals surface area contributed by atoms with Gasteiger partial charge in [-0.2, -0.15) is 0 Å². The van der Waals surface area contributed by atoms with Gasteiger partial charge in [0.25, 0.3) is 0 Å². The summed E-state index contributed by atoms with van der Waals surface area (Å²) in [5, 5.41) is 0. The van der Waals surface area contributed by atoms with Crippen LogP contribution in [-0.2, 0) is 6.42 Å². The summed E-state index contributed by atoms with van der Waals surface area (Å²) in [5.41, 5.74) is 6.88. The van der Waals surface area contributed by atoms with Crippen LogP contribution in [0.2, 0.25) is 4.34 Å². The number of rotatable bonds is 3. The Balaban J connectivity index is 2.19. The number of halogens is 2. The van der Waals surface area contributed by atoms with Gasteiger partial charge >= 0.3 is 0 Å². The fourth-order valence-electron chi connectivity index (χ4n) is 1.48. The van der Waals surface area contributed by atoms with Crippen molar-refractivity contribution in [3.05, 3.63) is 49.6 Å². The highest BCUT2D eigenvalue weighted by Crippen LogP contribution is 2.24. The van der Waals surface area contributed by atoms with Gasteiger partial charge in [-0.3, -0.25) is 4.79 Å². The van der Waals surface area contributed by atoms with Crippen molar-refractivity contribution >= 4 is 50.3 Å². The van der Waals surface area contributed by atoms with E-state index in [2.05, 4.69) is 15.9 Å². The molecule has 0 atom stereocenters. The minimum atomic E-state index is 0.0384. The summed E-state index contributed by atoms with van der Waals surface area (Å²) in [6, 6.07) is 8.88. The van der Waals surface area contributed by atoms with Crippen molar-refractivity contribution < 1.29 is 4.79 Å². The summed E-state index contributed by atoms with van der Waals surface area (Å²) in [6.07, 6.45) is 0.354. The number of hydrogen-bond acceptors (Lipinski definition) is 3. The standard InChI is InChI=1S/C12H9BrClNOS/c13-8-3-7(4-9(15)5-8)11(16)6-10-1-2-12(14)17-10/h1-5H,6,15H2. The Kier molecular flexibility index (Phi) is 3.86. The molecule has 0 saturated carbocycles. The SMILES string of the molecule is Nc1cc(Br)cc(C(=O)Cc2ccc(Cl)s2)c1. The molecule has 1 heterocycles. The monoisotopic (exact) mass is 329 g/mol. The number of anilines is 1. The second kappa shape index (κ2) is 5.21. The van der Waals surface area contributed by atoms with Gasteiger partial charge in [0.2, 0.25) is 0 Å². The van der Waals surface area contributed by atoms with Gasteiger partial charge in [-0.25, -0.2) is 0 Å². The summed E-state index contributed by atoms with van der Waals surface area (Å²) in [4.78, 5) is 13.0. The molecule has 0 unspecified atom stereocenters. The molecular weight excluding hydrogens is 322 g/mol. The van der Waals surface area contributed by atoms with E-state index in [0.29, 0.717) is 22.0 Å². The van der Waals surface area contributed by atoms with Gasteiger partial charge in [-0.1, -0.05) is 27.5 Å². The maximum Gasteiger partial charge on any atom is 0.168 e. The normalized spacial score (nSPS) is 10.5. The molecular formula is C12H9BrClNOS. The predicted molar refractivity (Wildman–Crippen MR) is 75.9 cm³/mol. The van der Waals surface area contributed by atoms with E-state index in [0.717, 1.165) is 9.35 Å². The molecule has 2 rings (SSSR count). The Bertz CT molecular complexity index is 547. The number of ketones is 1. The summed E-state index contributed by atoms with van der Waals surface area (Å²) in [5.74, 6) is 0.0384. The van der Waals surface area contributed by atoms with Crippen LogP contribution in [-0.4, -0.2) is 5.78 Å². The molecule has 0 amide bonds. The average molecular weight is 331 g/mol. The van der Waals surface area contributed by atoms with E-state index in [1.54, 1.807) is 24.3 Å². The third-order valence-electron chi connectivity index (χ3n) is 2.21. The van der Waals surface area contributed by atoms with Gasteiger partial charge in [-0.05, 0) is 30.3 Å². The number of nitrogens with two attached hydrogens (primary N) is 1. The van der Waals surface area contributed by atoms with Crippen LogP contribution in [0, 0.1) is 0 Å². The van der Waals surface area contributed by atoms with Crippen LogP contribution in [0.3, 0.4) is 0 Å². The summed E-state index contributed by atoms with van der Waals surface area (Å²) in [6.45, 7) is 0.